The molecule has 3 rings (SSSR count). The van der Waals surface area contributed by atoms with Gasteiger partial charge in [-0.2, -0.15) is 0 Å². The fourth-order valence-corrected chi connectivity index (χ4v) is 3.28. The van der Waals surface area contributed by atoms with E-state index in [9.17, 15) is 9.90 Å². The molecule has 0 aromatic heterocycles. The van der Waals surface area contributed by atoms with Gasteiger partial charge in [0.05, 0.1) is 18.2 Å². The van der Waals surface area contributed by atoms with Gasteiger partial charge in [0.15, 0.2) is 0 Å². The summed E-state index contributed by atoms with van der Waals surface area (Å²) in [5.74, 6) is 0.753. The number of rotatable bonds is 2. The molecule has 0 radical (unpaired) electrons. The van der Waals surface area contributed by atoms with E-state index >= 15 is 0 Å². The number of aliphatic hydroxyl groups is 1. The summed E-state index contributed by atoms with van der Waals surface area (Å²) >= 11 is 0. The SMILES string of the molecule is COc1ccc2c(c1)C1(CCN(C)C1)C(=O)N2CO. The first-order valence-electron chi connectivity index (χ1n) is 6.42. The van der Waals surface area contributed by atoms with E-state index in [4.69, 9.17) is 4.74 Å². The average molecular weight is 262 g/mol. The van der Waals surface area contributed by atoms with Crippen LogP contribution in [0.15, 0.2) is 18.2 Å². The fourth-order valence-electron chi connectivity index (χ4n) is 3.28. The zero-order valence-electron chi connectivity index (χ0n) is 11.2. The first-order valence-corrected chi connectivity index (χ1v) is 6.42. The van der Waals surface area contributed by atoms with Crippen LogP contribution >= 0.6 is 0 Å². The monoisotopic (exact) mass is 262 g/mol. The molecule has 1 aromatic rings. The molecule has 2 aliphatic heterocycles. The lowest BCUT2D eigenvalue weighted by Gasteiger charge is -2.22. The molecular formula is C14H18N2O3. The van der Waals surface area contributed by atoms with Crippen LogP contribution in [0.25, 0.3) is 0 Å². The standard InChI is InChI=1S/C14H18N2O3/c1-15-6-5-14(8-15)11-7-10(19-2)3-4-12(11)16(9-17)13(14)18/h3-4,7,17H,5-6,8-9H2,1-2H3. The number of carbonyl (C=O) groups excluding carboxylic acids is 1. The Hall–Kier alpha value is -1.59. The van der Waals surface area contributed by atoms with Crippen molar-refractivity contribution in [2.24, 2.45) is 0 Å². The van der Waals surface area contributed by atoms with E-state index in [1.165, 1.54) is 4.90 Å². The van der Waals surface area contributed by atoms with Crippen LogP contribution in [0.2, 0.25) is 0 Å². The molecular weight excluding hydrogens is 244 g/mol. The number of likely N-dealkylation sites (N-methyl/N-ethyl adjacent to an activating group) is 1. The largest absolute Gasteiger partial charge is 0.497 e. The molecule has 1 atom stereocenters. The van der Waals surface area contributed by atoms with Crippen molar-refractivity contribution in [1.82, 2.24) is 4.90 Å². The molecule has 0 bridgehead atoms. The van der Waals surface area contributed by atoms with E-state index in [1.807, 2.05) is 25.2 Å². The highest BCUT2D eigenvalue weighted by Crippen LogP contribution is 2.47. The molecule has 19 heavy (non-hydrogen) atoms. The fraction of sp³-hybridized carbons (Fsp3) is 0.500. The smallest absolute Gasteiger partial charge is 0.240 e. The van der Waals surface area contributed by atoms with E-state index in [-0.39, 0.29) is 12.6 Å². The maximum absolute atomic E-state index is 12.7. The minimum Gasteiger partial charge on any atom is -0.497 e. The second kappa shape index (κ2) is 4.21. The summed E-state index contributed by atoms with van der Waals surface area (Å²) < 4.78 is 5.27. The summed E-state index contributed by atoms with van der Waals surface area (Å²) in [4.78, 5) is 16.3. The maximum atomic E-state index is 12.7. The van der Waals surface area contributed by atoms with Gasteiger partial charge in [-0.05, 0) is 43.8 Å². The van der Waals surface area contributed by atoms with Gasteiger partial charge in [0, 0.05) is 6.54 Å². The quantitative estimate of drug-likeness (QED) is 0.846. The molecule has 102 valence electrons. The number of likely N-dealkylation sites (tertiary alicyclic amines) is 1. The summed E-state index contributed by atoms with van der Waals surface area (Å²) in [7, 11) is 3.64. The highest BCUT2D eigenvalue weighted by Gasteiger charge is 2.53. The first-order chi connectivity index (χ1) is 9.12. The van der Waals surface area contributed by atoms with Crippen molar-refractivity contribution in [2.45, 2.75) is 11.8 Å². The highest BCUT2D eigenvalue weighted by atomic mass is 16.5. The number of hydrogen-bond donors (Lipinski definition) is 1. The molecule has 1 amide bonds. The number of amides is 1. The van der Waals surface area contributed by atoms with Crippen LogP contribution in [0.3, 0.4) is 0 Å². The average Bonchev–Trinajstić information content (AvgIpc) is 2.91. The topological polar surface area (TPSA) is 53.0 Å². The number of aliphatic hydroxyl groups excluding tert-OH is 1. The number of carbonyl (C=O) groups is 1. The van der Waals surface area contributed by atoms with Gasteiger partial charge in [0.25, 0.3) is 0 Å². The van der Waals surface area contributed by atoms with Crippen LogP contribution in [0.1, 0.15) is 12.0 Å². The number of ether oxygens (including phenoxy) is 1. The zero-order valence-corrected chi connectivity index (χ0v) is 11.2. The summed E-state index contributed by atoms with van der Waals surface area (Å²) in [6.45, 7) is 1.31. The Kier molecular flexibility index (Phi) is 2.76. The zero-order chi connectivity index (χ0) is 13.6. The highest BCUT2D eigenvalue weighted by molar-refractivity contribution is 6.08. The predicted molar refractivity (Wildman–Crippen MR) is 71.4 cm³/mol. The van der Waals surface area contributed by atoms with Gasteiger partial charge in [-0.15, -0.1) is 0 Å². The number of methoxy groups -OCH3 is 1. The molecule has 5 heteroatoms. The summed E-state index contributed by atoms with van der Waals surface area (Å²) in [6, 6.07) is 5.61. The lowest BCUT2D eigenvalue weighted by atomic mass is 9.81. The van der Waals surface area contributed by atoms with Crippen molar-refractivity contribution in [1.29, 1.82) is 0 Å². The molecule has 1 spiro atoms. The van der Waals surface area contributed by atoms with Crippen LogP contribution in [-0.2, 0) is 10.2 Å². The van der Waals surface area contributed by atoms with Crippen LogP contribution in [0.5, 0.6) is 5.75 Å². The van der Waals surface area contributed by atoms with E-state index in [1.54, 1.807) is 7.11 Å². The van der Waals surface area contributed by atoms with Gasteiger partial charge in [0.2, 0.25) is 5.91 Å². The normalized spacial score (nSPS) is 26.3. The summed E-state index contributed by atoms with van der Waals surface area (Å²) in [5.41, 5.74) is 1.28. The van der Waals surface area contributed by atoms with Crippen LogP contribution in [0.4, 0.5) is 5.69 Å². The van der Waals surface area contributed by atoms with Gasteiger partial charge < -0.3 is 14.7 Å². The Morgan fingerprint density at radius 2 is 2.26 bits per heavy atom. The molecule has 1 fully saturated rings. The Labute approximate surface area is 112 Å². The number of hydrogen-bond acceptors (Lipinski definition) is 4. The third kappa shape index (κ3) is 1.58. The van der Waals surface area contributed by atoms with Crippen molar-refractivity contribution in [3.05, 3.63) is 23.8 Å². The molecule has 0 saturated carbocycles. The molecule has 0 aliphatic carbocycles. The van der Waals surface area contributed by atoms with Gasteiger partial charge in [-0.1, -0.05) is 0 Å². The van der Waals surface area contributed by atoms with Crippen molar-refractivity contribution in [2.75, 3.05) is 38.9 Å². The second-order valence-electron chi connectivity index (χ2n) is 5.33. The predicted octanol–water partition coefficient (Wildman–Crippen LogP) is 0.565. The van der Waals surface area contributed by atoms with Gasteiger partial charge in [0.1, 0.15) is 12.5 Å². The summed E-state index contributed by atoms with van der Waals surface area (Å²) in [5, 5.41) is 9.48. The van der Waals surface area contributed by atoms with Crippen LogP contribution in [-0.4, -0.2) is 49.9 Å². The Bertz CT molecular complexity index is 531. The number of fused-ring (bicyclic) bond motifs is 2. The van der Waals surface area contributed by atoms with Crippen molar-refractivity contribution < 1.29 is 14.6 Å². The minimum absolute atomic E-state index is 0.00241. The lowest BCUT2D eigenvalue weighted by Crippen LogP contribution is -2.42. The Balaban J connectivity index is 2.16. The second-order valence-corrected chi connectivity index (χ2v) is 5.33. The summed E-state index contributed by atoms with van der Waals surface area (Å²) in [6.07, 6.45) is 0.791. The van der Waals surface area contributed by atoms with E-state index < -0.39 is 5.41 Å². The van der Waals surface area contributed by atoms with Crippen molar-refractivity contribution >= 4 is 11.6 Å². The molecule has 1 unspecified atom stereocenters. The third-order valence-electron chi connectivity index (χ3n) is 4.27. The van der Waals surface area contributed by atoms with Crippen molar-refractivity contribution in [3.8, 4) is 5.75 Å². The lowest BCUT2D eigenvalue weighted by molar-refractivity contribution is -0.123. The first kappa shape index (κ1) is 12.4. The number of nitrogens with zero attached hydrogens (tertiary/aromatic N) is 2. The van der Waals surface area contributed by atoms with Gasteiger partial charge in [-0.3, -0.25) is 9.69 Å². The van der Waals surface area contributed by atoms with E-state index in [0.29, 0.717) is 6.54 Å². The molecule has 1 saturated heterocycles. The van der Waals surface area contributed by atoms with Gasteiger partial charge in [-0.25, -0.2) is 0 Å². The van der Waals surface area contributed by atoms with Gasteiger partial charge >= 0.3 is 0 Å². The number of anilines is 1. The Morgan fingerprint density at radius 1 is 1.47 bits per heavy atom. The Morgan fingerprint density at radius 3 is 2.84 bits per heavy atom. The van der Waals surface area contributed by atoms with Crippen LogP contribution < -0.4 is 9.64 Å². The molecule has 2 aliphatic rings. The number of benzene rings is 1. The van der Waals surface area contributed by atoms with E-state index in [2.05, 4.69) is 4.90 Å². The molecule has 1 N–H and O–H groups in total. The molecule has 2 heterocycles. The van der Waals surface area contributed by atoms with Crippen molar-refractivity contribution in [3.63, 3.8) is 0 Å². The minimum atomic E-state index is -0.513. The maximum Gasteiger partial charge on any atom is 0.240 e. The van der Waals surface area contributed by atoms with E-state index in [0.717, 1.165) is 30.0 Å². The molecule has 1 aromatic carbocycles. The third-order valence-corrected chi connectivity index (χ3v) is 4.27. The van der Waals surface area contributed by atoms with Crippen LogP contribution in [0, 0.1) is 0 Å². The molecule has 5 nitrogen and oxygen atoms in total.